The summed E-state index contributed by atoms with van der Waals surface area (Å²) in [6.07, 6.45) is -2.17. The number of alkyl halides is 1. The minimum Gasteiger partial charge on any atom is -0.443 e. The van der Waals surface area contributed by atoms with Crippen LogP contribution < -0.4 is 0 Å². The van der Waals surface area contributed by atoms with Crippen molar-refractivity contribution in [3.05, 3.63) is 0 Å². The molecule has 0 aromatic carbocycles. The van der Waals surface area contributed by atoms with E-state index < -0.39 is 23.8 Å². The van der Waals surface area contributed by atoms with Gasteiger partial charge >= 0.3 is 6.09 Å². The van der Waals surface area contributed by atoms with E-state index in [0.29, 0.717) is 0 Å². The number of hydrogen-bond acceptors (Lipinski definition) is 3. The summed E-state index contributed by atoms with van der Waals surface area (Å²) in [5.41, 5.74) is -0.677. The van der Waals surface area contributed by atoms with Crippen LogP contribution in [0.2, 0.25) is 0 Å². The maximum absolute atomic E-state index is 13.3. The molecule has 1 aliphatic heterocycles. The zero-order valence-electron chi connectivity index (χ0n) is 10.1. The third-order valence-electron chi connectivity index (χ3n) is 2.25. The van der Waals surface area contributed by atoms with Gasteiger partial charge in [0.2, 0.25) is 0 Å². The lowest BCUT2D eigenvalue weighted by atomic mass is 9.99. The number of amides is 2. The minimum absolute atomic E-state index is 0.0276. The molecule has 5 heteroatoms. The number of ether oxygens (including phenoxy) is 1. The molecule has 0 spiro atoms. The fraction of sp³-hybridized carbons (Fsp3) is 0.818. The SMILES string of the molecule is CC1CC(F)C(=O)N(C(=O)OC(C)(C)C)C1. The number of halogens is 1. The molecule has 1 rings (SSSR count). The average Bonchev–Trinajstić information content (AvgIpc) is 2.08. The first-order valence-electron chi connectivity index (χ1n) is 5.39. The fourth-order valence-corrected chi connectivity index (χ4v) is 1.58. The summed E-state index contributed by atoms with van der Waals surface area (Å²) in [4.78, 5) is 23.9. The summed E-state index contributed by atoms with van der Waals surface area (Å²) >= 11 is 0. The van der Waals surface area contributed by atoms with Gasteiger partial charge in [-0.2, -0.15) is 0 Å². The van der Waals surface area contributed by atoms with Crippen molar-refractivity contribution in [1.82, 2.24) is 4.90 Å². The number of likely N-dealkylation sites (tertiary alicyclic amines) is 1. The topological polar surface area (TPSA) is 46.6 Å². The molecule has 0 radical (unpaired) electrons. The highest BCUT2D eigenvalue weighted by atomic mass is 19.1. The van der Waals surface area contributed by atoms with E-state index in [-0.39, 0.29) is 18.9 Å². The highest BCUT2D eigenvalue weighted by molar-refractivity contribution is 5.95. The van der Waals surface area contributed by atoms with Crippen LogP contribution in [0.5, 0.6) is 0 Å². The summed E-state index contributed by atoms with van der Waals surface area (Å²) in [6.45, 7) is 7.14. The first kappa shape index (κ1) is 12.9. The van der Waals surface area contributed by atoms with E-state index in [0.717, 1.165) is 4.90 Å². The molecule has 1 saturated heterocycles. The first-order valence-corrected chi connectivity index (χ1v) is 5.39. The van der Waals surface area contributed by atoms with Crippen LogP contribution in [0.25, 0.3) is 0 Å². The van der Waals surface area contributed by atoms with Crippen LogP contribution >= 0.6 is 0 Å². The van der Waals surface area contributed by atoms with Crippen LogP contribution in [0.3, 0.4) is 0 Å². The Labute approximate surface area is 94.7 Å². The van der Waals surface area contributed by atoms with Crippen molar-refractivity contribution >= 4 is 12.0 Å². The van der Waals surface area contributed by atoms with Crippen molar-refractivity contribution in [2.75, 3.05) is 6.54 Å². The lowest BCUT2D eigenvalue weighted by molar-refractivity contribution is -0.140. The van der Waals surface area contributed by atoms with Crippen molar-refractivity contribution in [2.45, 2.75) is 45.9 Å². The lowest BCUT2D eigenvalue weighted by Crippen LogP contribution is -2.50. The zero-order chi connectivity index (χ0) is 12.5. The lowest BCUT2D eigenvalue weighted by Gasteiger charge is -2.32. The molecule has 0 N–H and O–H groups in total. The summed E-state index contributed by atoms with van der Waals surface area (Å²) in [6, 6.07) is 0. The van der Waals surface area contributed by atoms with E-state index in [2.05, 4.69) is 0 Å². The van der Waals surface area contributed by atoms with Gasteiger partial charge in [0.15, 0.2) is 6.17 Å². The Morgan fingerprint density at radius 2 is 2.06 bits per heavy atom. The van der Waals surface area contributed by atoms with Gasteiger partial charge in [0.1, 0.15) is 5.60 Å². The molecular weight excluding hydrogens is 213 g/mol. The number of piperidine rings is 1. The molecule has 2 unspecified atom stereocenters. The molecule has 1 heterocycles. The zero-order valence-corrected chi connectivity index (χ0v) is 10.1. The third-order valence-corrected chi connectivity index (χ3v) is 2.25. The van der Waals surface area contributed by atoms with Crippen molar-refractivity contribution in [1.29, 1.82) is 0 Å². The number of imide groups is 1. The van der Waals surface area contributed by atoms with Crippen LogP contribution in [0.4, 0.5) is 9.18 Å². The second kappa shape index (κ2) is 4.39. The van der Waals surface area contributed by atoms with Crippen LogP contribution in [-0.4, -0.2) is 35.2 Å². The largest absolute Gasteiger partial charge is 0.443 e. The molecule has 0 aromatic heterocycles. The molecule has 2 amide bonds. The molecule has 0 saturated carbocycles. The van der Waals surface area contributed by atoms with Crippen LogP contribution in [-0.2, 0) is 9.53 Å². The summed E-state index contributed by atoms with van der Waals surface area (Å²) in [5, 5.41) is 0. The Balaban J connectivity index is 2.71. The van der Waals surface area contributed by atoms with E-state index in [9.17, 15) is 14.0 Å². The number of nitrogens with zero attached hydrogens (tertiary/aromatic N) is 1. The summed E-state index contributed by atoms with van der Waals surface area (Å²) in [7, 11) is 0. The highest BCUT2D eigenvalue weighted by Crippen LogP contribution is 2.22. The van der Waals surface area contributed by atoms with E-state index in [1.165, 1.54) is 0 Å². The van der Waals surface area contributed by atoms with E-state index in [4.69, 9.17) is 4.74 Å². The Kier molecular flexibility index (Phi) is 3.55. The van der Waals surface area contributed by atoms with Gasteiger partial charge in [-0.3, -0.25) is 4.79 Å². The second-order valence-electron chi connectivity index (χ2n) is 5.24. The number of carbonyl (C=O) groups is 2. The molecule has 1 fully saturated rings. The highest BCUT2D eigenvalue weighted by Gasteiger charge is 2.38. The van der Waals surface area contributed by atoms with Crippen molar-refractivity contribution < 1.29 is 18.7 Å². The molecule has 4 nitrogen and oxygen atoms in total. The molecule has 0 aliphatic carbocycles. The van der Waals surface area contributed by atoms with Crippen LogP contribution in [0.1, 0.15) is 34.1 Å². The van der Waals surface area contributed by atoms with Gasteiger partial charge in [-0.15, -0.1) is 0 Å². The second-order valence-corrected chi connectivity index (χ2v) is 5.24. The molecule has 2 atom stereocenters. The number of hydrogen-bond donors (Lipinski definition) is 0. The quantitative estimate of drug-likeness (QED) is 0.641. The van der Waals surface area contributed by atoms with Crippen molar-refractivity contribution in [3.63, 3.8) is 0 Å². The maximum atomic E-state index is 13.3. The Morgan fingerprint density at radius 1 is 1.50 bits per heavy atom. The molecule has 16 heavy (non-hydrogen) atoms. The summed E-state index contributed by atoms with van der Waals surface area (Å²) in [5.74, 6) is -0.812. The fourth-order valence-electron chi connectivity index (χ4n) is 1.58. The normalized spacial score (nSPS) is 26.8. The van der Waals surface area contributed by atoms with Crippen molar-refractivity contribution in [2.24, 2.45) is 5.92 Å². The third kappa shape index (κ3) is 3.18. The predicted molar refractivity (Wildman–Crippen MR) is 56.6 cm³/mol. The smallest absolute Gasteiger partial charge is 0.417 e. The van der Waals surface area contributed by atoms with Crippen LogP contribution in [0, 0.1) is 5.92 Å². The monoisotopic (exact) mass is 231 g/mol. The standard InChI is InChI=1S/C11H18FNO3/c1-7-5-8(12)9(14)13(6-7)10(15)16-11(2,3)4/h7-8H,5-6H2,1-4H3. The van der Waals surface area contributed by atoms with E-state index in [1.807, 2.05) is 0 Å². The maximum Gasteiger partial charge on any atom is 0.417 e. The van der Waals surface area contributed by atoms with Crippen molar-refractivity contribution in [3.8, 4) is 0 Å². The summed E-state index contributed by atoms with van der Waals surface area (Å²) < 4.78 is 18.3. The number of rotatable bonds is 0. The average molecular weight is 231 g/mol. The molecular formula is C11H18FNO3. The first-order chi connectivity index (χ1) is 7.20. The van der Waals surface area contributed by atoms with Gasteiger partial charge in [-0.1, -0.05) is 6.92 Å². The molecule has 1 aliphatic rings. The van der Waals surface area contributed by atoms with E-state index in [1.54, 1.807) is 27.7 Å². The van der Waals surface area contributed by atoms with Crippen LogP contribution in [0.15, 0.2) is 0 Å². The van der Waals surface area contributed by atoms with Gasteiger partial charge in [-0.05, 0) is 33.1 Å². The van der Waals surface area contributed by atoms with Gasteiger partial charge in [0.05, 0.1) is 0 Å². The van der Waals surface area contributed by atoms with Gasteiger partial charge in [-0.25, -0.2) is 14.1 Å². The minimum atomic E-state index is -1.59. The van der Waals surface area contributed by atoms with Gasteiger partial charge in [0, 0.05) is 6.54 Å². The molecule has 0 aromatic rings. The van der Waals surface area contributed by atoms with Gasteiger partial charge < -0.3 is 4.74 Å². The number of carbonyl (C=O) groups excluding carboxylic acids is 2. The van der Waals surface area contributed by atoms with Gasteiger partial charge in [0.25, 0.3) is 5.91 Å². The van der Waals surface area contributed by atoms with E-state index >= 15 is 0 Å². The Bertz CT molecular complexity index is 298. The predicted octanol–water partition coefficient (Wildman–Crippen LogP) is 2.13. The molecule has 92 valence electrons. The Morgan fingerprint density at radius 3 is 2.56 bits per heavy atom. The molecule has 0 bridgehead atoms. The Hall–Kier alpha value is -1.13.